The van der Waals surface area contributed by atoms with Gasteiger partial charge in [-0.3, -0.25) is 0 Å². The molecule has 1 aliphatic heterocycles. The molecule has 0 unspecified atom stereocenters. The molecule has 1 aromatic rings. The first kappa shape index (κ1) is 20.5. The van der Waals surface area contributed by atoms with Crippen molar-refractivity contribution in [2.24, 2.45) is 10.7 Å². The Bertz CT molecular complexity index is 615. The van der Waals surface area contributed by atoms with Gasteiger partial charge in [0.05, 0.1) is 23.8 Å². The normalized spacial score (nSPS) is 16.0. The minimum atomic E-state index is -3.40. The smallest absolute Gasteiger partial charge is 0.191 e. The van der Waals surface area contributed by atoms with E-state index in [-0.39, 0.29) is 41.2 Å². The molecule has 0 aliphatic carbocycles. The third-order valence-corrected chi connectivity index (χ3v) is 6.05. The number of aliphatic hydroxyl groups excluding tert-OH is 1. The summed E-state index contributed by atoms with van der Waals surface area (Å²) in [6.07, 6.45) is 0. The predicted octanol–water partition coefficient (Wildman–Crippen LogP) is 0.934. The molecule has 3 N–H and O–H groups in total. The average Bonchev–Trinajstić information content (AvgIpc) is 2.54. The first-order valence-corrected chi connectivity index (χ1v) is 9.89. The second kappa shape index (κ2) is 9.70. The molecule has 0 bridgehead atoms. The Kier molecular flexibility index (Phi) is 8.65. The summed E-state index contributed by atoms with van der Waals surface area (Å²) in [7, 11) is -3.40. The molecule has 1 fully saturated rings. The van der Waals surface area contributed by atoms with Gasteiger partial charge in [-0.15, -0.1) is 24.0 Å². The molecule has 0 spiro atoms. The maximum Gasteiger partial charge on any atom is 0.191 e. The van der Waals surface area contributed by atoms with Gasteiger partial charge >= 0.3 is 0 Å². The van der Waals surface area contributed by atoms with Crippen LogP contribution < -0.4 is 5.73 Å². The zero-order chi connectivity index (χ0) is 16.0. The van der Waals surface area contributed by atoms with Gasteiger partial charge in [-0.05, 0) is 17.7 Å². The summed E-state index contributed by atoms with van der Waals surface area (Å²) >= 11 is 1.91. The van der Waals surface area contributed by atoms with Crippen LogP contribution in [0.4, 0.5) is 0 Å². The minimum Gasteiger partial charge on any atom is -0.395 e. The number of nitrogens with zero attached hydrogens (tertiary/aromatic N) is 2. The quantitative estimate of drug-likeness (QED) is 0.377. The second-order valence-electron chi connectivity index (χ2n) is 4.96. The van der Waals surface area contributed by atoms with Gasteiger partial charge in [0.1, 0.15) is 0 Å². The van der Waals surface area contributed by atoms with Gasteiger partial charge in [0.25, 0.3) is 0 Å². The lowest BCUT2D eigenvalue weighted by Gasteiger charge is -2.27. The number of aliphatic imine (C=N–C) groups is 1. The number of sulfone groups is 1. The van der Waals surface area contributed by atoms with Crippen LogP contribution in [0, 0.1) is 0 Å². The van der Waals surface area contributed by atoms with Crippen LogP contribution in [0.1, 0.15) is 5.56 Å². The van der Waals surface area contributed by atoms with Crippen molar-refractivity contribution in [2.75, 3.05) is 37.0 Å². The van der Waals surface area contributed by atoms with Crippen molar-refractivity contribution < 1.29 is 13.5 Å². The maximum atomic E-state index is 11.8. The Hall–Kier alpha value is -0.520. The summed E-state index contributed by atoms with van der Waals surface area (Å²) in [4.78, 5) is 6.65. The molecule has 1 saturated heterocycles. The third kappa shape index (κ3) is 6.12. The van der Waals surface area contributed by atoms with E-state index in [1.807, 2.05) is 11.8 Å². The topological polar surface area (TPSA) is 96.0 Å². The summed E-state index contributed by atoms with van der Waals surface area (Å²) in [5, 5.41) is 8.77. The summed E-state index contributed by atoms with van der Waals surface area (Å²) in [5.41, 5.74) is 6.88. The lowest BCUT2D eigenvalue weighted by atomic mass is 10.2. The third-order valence-electron chi connectivity index (χ3n) is 3.40. The highest BCUT2D eigenvalue weighted by Gasteiger charge is 2.14. The van der Waals surface area contributed by atoms with Crippen molar-refractivity contribution in [3.8, 4) is 0 Å². The van der Waals surface area contributed by atoms with Gasteiger partial charge in [-0.25, -0.2) is 13.4 Å². The monoisotopic (exact) mass is 471 g/mol. The fraction of sp³-hybridized carbons (Fsp3) is 0.500. The fourth-order valence-corrected chi connectivity index (χ4v) is 4.03. The maximum absolute atomic E-state index is 11.8. The summed E-state index contributed by atoms with van der Waals surface area (Å²) in [6, 6.07) is 6.55. The van der Waals surface area contributed by atoms with E-state index in [4.69, 9.17) is 10.8 Å². The molecule has 0 amide bonds. The molecule has 0 saturated carbocycles. The molecule has 0 radical (unpaired) electrons. The number of halogens is 1. The van der Waals surface area contributed by atoms with E-state index in [1.165, 1.54) is 0 Å². The number of rotatable bonds is 5. The van der Waals surface area contributed by atoms with E-state index in [1.54, 1.807) is 24.3 Å². The Labute approximate surface area is 158 Å². The number of guanidine groups is 1. The lowest BCUT2D eigenvalue weighted by Crippen LogP contribution is -2.42. The van der Waals surface area contributed by atoms with Crippen molar-refractivity contribution >= 4 is 51.5 Å². The Morgan fingerprint density at radius 2 is 1.87 bits per heavy atom. The van der Waals surface area contributed by atoms with Crippen molar-refractivity contribution in [3.05, 3.63) is 29.8 Å². The number of benzene rings is 1. The van der Waals surface area contributed by atoms with Crippen molar-refractivity contribution in [1.82, 2.24) is 4.90 Å². The molecule has 1 aromatic carbocycles. The molecule has 1 heterocycles. The molecule has 130 valence electrons. The molecule has 1 aliphatic rings. The van der Waals surface area contributed by atoms with E-state index in [0.29, 0.717) is 12.5 Å². The van der Waals surface area contributed by atoms with Crippen LogP contribution in [0.15, 0.2) is 34.2 Å². The van der Waals surface area contributed by atoms with Crippen molar-refractivity contribution in [1.29, 1.82) is 0 Å². The largest absolute Gasteiger partial charge is 0.395 e. The molecule has 0 atom stereocenters. The van der Waals surface area contributed by atoms with Crippen LogP contribution in [0.3, 0.4) is 0 Å². The molecular formula is C14H22IN3O3S2. The number of aliphatic hydroxyl groups is 1. The first-order chi connectivity index (χ1) is 10.5. The minimum absolute atomic E-state index is 0. The van der Waals surface area contributed by atoms with E-state index in [2.05, 4.69) is 9.89 Å². The Balaban J connectivity index is 0.00000264. The Morgan fingerprint density at radius 1 is 1.26 bits per heavy atom. The number of nitrogens with two attached hydrogens (primary N) is 1. The zero-order valence-electron chi connectivity index (χ0n) is 12.7. The standard InChI is InChI=1S/C14H21N3O3S2.HI/c15-14(17-5-8-21-9-6-17)16-11-12-1-3-13(4-2-12)22(19,20)10-7-18;/h1-4,18H,5-11H2,(H2,15,16);1H. The molecule has 9 heteroatoms. The summed E-state index contributed by atoms with van der Waals surface area (Å²) in [5.74, 6) is 2.41. The SMILES string of the molecule is I.NC(=NCc1ccc(S(=O)(=O)CCO)cc1)N1CCSCC1. The van der Waals surface area contributed by atoms with E-state index >= 15 is 0 Å². The summed E-state index contributed by atoms with van der Waals surface area (Å²) in [6.45, 7) is 1.88. The highest BCUT2D eigenvalue weighted by molar-refractivity contribution is 14.0. The number of hydrogen-bond donors (Lipinski definition) is 2. The van der Waals surface area contributed by atoms with Gasteiger partial charge < -0.3 is 15.7 Å². The average molecular weight is 471 g/mol. The van der Waals surface area contributed by atoms with Gasteiger partial charge in [0, 0.05) is 24.6 Å². The van der Waals surface area contributed by atoms with Crippen LogP contribution in [0.25, 0.3) is 0 Å². The van der Waals surface area contributed by atoms with Gasteiger partial charge in [-0.1, -0.05) is 12.1 Å². The van der Waals surface area contributed by atoms with Crippen molar-refractivity contribution in [3.63, 3.8) is 0 Å². The highest BCUT2D eigenvalue weighted by Crippen LogP contribution is 2.13. The Morgan fingerprint density at radius 3 is 2.43 bits per heavy atom. The molecule has 0 aromatic heterocycles. The first-order valence-electron chi connectivity index (χ1n) is 7.08. The van der Waals surface area contributed by atoms with Crippen LogP contribution in [0.2, 0.25) is 0 Å². The van der Waals surface area contributed by atoms with E-state index in [0.717, 1.165) is 30.2 Å². The van der Waals surface area contributed by atoms with Crippen LogP contribution >= 0.6 is 35.7 Å². The predicted molar refractivity (Wildman–Crippen MR) is 105 cm³/mol. The molecular weight excluding hydrogens is 449 g/mol. The number of thioether (sulfide) groups is 1. The van der Waals surface area contributed by atoms with Crippen LogP contribution in [-0.2, 0) is 16.4 Å². The summed E-state index contributed by atoms with van der Waals surface area (Å²) < 4.78 is 23.6. The zero-order valence-corrected chi connectivity index (χ0v) is 16.7. The van der Waals surface area contributed by atoms with E-state index in [9.17, 15) is 8.42 Å². The van der Waals surface area contributed by atoms with Gasteiger partial charge in [0.15, 0.2) is 15.8 Å². The fourth-order valence-electron chi connectivity index (χ4n) is 2.10. The van der Waals surface area contributed by atoms with Gasteiger partial charge in [0.2, 0.25) is 0 Å². The van der Waals surface area contributed by atoms with E-state index < -0.39 is 9.84 Å². The molecule has 23 heavy (non-hydrogen) atoms. The van der Waals surface area contributed by atoms with Gasteiger partial charge in [-0.2, -0.15) is 11.8 Å². The van der Waals surface area contributed by atoms with Crippen LogP contribution in [0.5, 0.6) is 0 Å². The molecule has 6 nitrogen and oxygen atoms in total. The van der Waals surface area contributed by atoms with Crippen molar-refractivity contribution in [2.45, 2.75) is 11.4 Å². The second-order valence-corrected chi connectivity index (χ2v) is 8.29. The lowest BCUT2D eigenvalue weighted by molar-refractivity contribution is 0.319. The van der Waals surface area contributed by atoms with Crippen LogP contribution in [-0.4, -0.2) is 61.3 Å². The number of hydrogen-bond acceptors (Lipinski definition) is 5. The highest BCUT2D eigenvalue weighted by atomic mass is 127. The molecule has 2 rings (SSSR count).